The molecule has 2 aromatic carbocycles. The van der Waals surface area contributed by atoms with Gasteiger partial charge in [-0.3, -0.25) is 24.0 Å². The van der Waals surface area contributed by atoms with E-state index in [4.69, 9.17) is 8.92 Å². The van der Waals surface area contributed by atoms with Crippen molar-refractivity contribution in [3.63, 3.8) is 0 Å². The number of hydrogen-bond acceptors (Lipinski definition) is 8. The van der Waals surface area contributed by atoms with Crippen LogP contribution in [0.1, 0.15) is 55.7 Å². The second-order valence-electron chi connectivity index (χ2n) is 14.8. The first-order valence-corrected chi connectivity index (χ1v) is 19.0. The van der Waals surface area contributed by atoms with Crippen LogP contribution in [0.2, 0.25) is 0 Å². The van der Waals surface area contributed by atoms with Crippen LogP contribution in [-0.2, 0) is 46.3 Å². The third-order valence-electron chi connectivity index (χ3n) is 11.5. The van der Waals surface area contributed by atoms with E-state index in [0.29, 0.717) is 32.4 Å². The van der Waals surface area contributed by atoms with Crippen LogP contribution in [0.5, 0.6) is 0 Å². The lowest BCUT2D eigenvalue weighted by molar-refractivity contribution is -0.304. The van der Waals surface area contributed by atoms with Crippen molar-refractivity contribution >= 4 is 38.7 Å². The van der Waals surface area contributed by atoms with Gasteiger partial charge in [0.25, 0.3) is 21.9 Å². The zero-order valence-electron chi connectivity index (χ0n) is 28.2. The molecule has 0 saturated carbocycles. The molecule has 2 unspecified atom stereocenters. The van der Waals surface area contributed by atoms with Crippen LogP contribution < -0.4 is 5.32 Å². The van der Waals surface area contributed by atoms with Crippen molar-refractivity contribution in [3.05, 3.63) is 71.4 Å². The van der Waals surface area contributed by atoms with Gasteiger partial charge < -0.3 is 20.1 Å². The lowest BCUT2D eigenvalue weighted by Crippen LogP contribution is -2.72. The normalized spacial score (nSPS) is 32.8. The fraction of sp³-hybridized carbons (Fsp3) is 0.528. The first kappa shape index (κ1) is 32.4. The Bertz CT molecular complexity index is 1950. The molecule has 0 radical (unpaired) electrons. The molecule has 1 aromatic heterocycles. The number of amides is 3. The van der Waals surface area contributed by atoms with Gasteiger partial charge in [-0.05, 0) is 55.5 Å². The van der Waals surface area contributed by atoms with Crippen LogP contribution in [0.15, 0.2) is 54.7 Å². The number of hydrogen-bond donors (Lipinski definition) is 2. The molecule has 4 aliphatic heterocycles. The molecule has 1 aliphatic carbocycles. The molecule has 0 spiro atoms. The number of ether oxygens (including phenoxy) is 1. The first-order valence-electron chi connectivity index (χ1n) is 17.2. The zero-order chi connectivity index (χ0) is 34.5. The van der Waals surface area contributed by atoms with Gasteiger partial charge in [0, 0.05) is 54.5 Å². The molecule has 3 amide bonds. The quantitative estimate of drug-likeness (QED) is 0.361. The maximum absolute atomic E-state index is 15.0. The van der Waals surface area contributed by atoms with E-state index >= 15 is 4.79 Å². The molecule has 3 aromatic rings. The molecule has 0 bridgehead atoms. The number of fused-ring (bicyclic) bond motifs is 5. The topological polar surface area (TPSA) is 141 Å². The molecule has 4 fully saturated rings. The molecule has 12 nitrogen and oxygen atoms in total. The number of carbonyl (C=O) groups excluding carboxylic acids is 3. The molecule has 2 N–H and O–H groups in total. The Morgan fingerprint density at radius 2 is 1.92 bits per heavy atom. The van der Waals surface area contributed by atoms with Crippen LogP contribution in [0.4, 0.5) is 0 Å². The van der Waals surface area contributed by atoms with E-state index < -0.39 is 51.6 Å². The number of piperazine rings is 1. The number of aromatic amines is 1. The van der Waals surface area contributed by atoms with Crippen molar-refractivity contribution < 1.29 is 31.7 Å². The van der Waals surface area contributed by atoms with Crippen LogP contribution in [-0.4, -0.2) is 102 Å². The predicted molar refractivity (Wildman–Crippen MR) is 180 cm³/mol. The molecular weight excluding hydrogens is 646 g/mol. The number of likely N-dealkylation sites (tertiary alicyclic amines) is 1. The smallest absolute Gasteiger partial charge is 0.294 e. The highest BCUT2D eigenvalue weighted by molar-refractivity contribution is 7.86. The summed E-state index contributed by atoms with van der Waals surface area (Å²) in [7, 11) is -2.19. The summed E-state index contributed by atoms with van der Waals surface area (Å²) in [5.74, 6) is -4.51. The highest BCUT2D eigenvalue weighted by atomic mass is 32.2. The number of piperidine rings is 1. The SMILES string of the molecule is CC(C)[C@@]1(NC(=O)[C@@H]2CC3c4cccc5[nH]cc(c45)C[C@H]3N(C)C2)OC2(OS(C)(=O)=O)[C@@H]3CCCN3C(=O)[C@@H](Cc3ccccc3)N2C1=O. The average Bonchev–Trinajstić information content (AvgIpc) is 3.77. The molecule has 5 aliphatic rings. The molecular formula is C36H43N5O7S. The van der Waals surface area contributed by atoms with Crippen LogP contribution >= 0.6 is 0 Å². The summed E-state index contributed by atoms with van der Waals surface area (Å²) < 4.78 is 38.6. The van der Waals surface area contributed by atoms with Gasteiger partial charge in [0.05, 0.1) is 12.2 Å². The number of nitrogens with zero attached hydrogens (tertiary/aromatic N) is 3. The molecule has 260 valence electrons. The summed E-state index contributed by atoms with van der Waals surface area (Å²) in [6.07, 6.45) is 5.52. The number of aromatic nitrogens is 1. The van der Waals surface area contributed by atoms with Gasteiger partial charge in [-0.1, -0.05) is 56.3 Å². The number of rotatable bonds is 7. The Hall–Kier alpha value is -3.78. The zero-order valence-corrected chi connectivity index (χ0v) is 29.0. The predicted octanol–water partition coefficient (Wildman–Crippen LogP) is 2.70. The highest BCUT2D eigenvalue weighted by Gasteiger charge is 2.74. The Balaban J connectivity index is 1.17. The highest BCUT2D eigenvalue weighted by Crippen LogP contribution is 2.51. The summed E-state index contributed by atoms with van der Waals surface area (Å²) >= 11 is 0. The number of likely N-dealkylation sites (N-methyl/N-ethyl adjacent to an activating group) is 1. The third-order valence-corrected chi connectivity index (χ3v) is 12.0. The lowest BCUT2D eigenvalue weighted by Gasteiger charge is -2.50. The van der Waals surface area contributed by atoms with Gasteiger partial charge in [0.1, 0.15) is 12.1 Å². The van der Waals surface area contributed by atoms with Gasteiger partial charge in [0.15, 0.2) is 0 Å². The van der Waals surface area contributed by atoms with Crippen LogP contribution in [0.25, 0.3) is 10.9 Å². The van der Waals surface area contributed by atoms with Crippen molar-refractivity contribution in [3.8, 4) is 0 Å². The monoisotopic (exact) mass is 689 g/mol. The molecule has 49 heavy (non-hydrogen) atoms. The van der Waals surface area contributed by atoms with Gasteiger partial charge in [0.2, 0.25) is 17.5 Å². The Morgan fingerprint density at radius 3 is 2.65 bits per heavy atom. The summed E-state index contributed by atoms with van der Waals surface area (Å²) in [5.41, 5.74) is 2.38. The molecule has 4 saturated heterocycles. The van der Waals surface area contributed by atoms with E-state index in [9.17, 15) is 18.0 Å². The fourth-order valence-corrected chi connectivity index (χ4v) is 9.95. The molecule has 7 atom stereocenters. The first-order chi connectivity index (χ1) is 23.3. The minimum absolute atomic E-state index is 0.0999. The van der Waals surface area contributed by atoms with Gasteiger partial charge in [-0.25, -0.2) is 4.18 Å². The van der Waals surface area contributed by atoms with Crippen molar-refractivity contribution in [2.75, 3.05) is 26.4 Å². The van der Waals surface area contributed by atoms with Crippen LogP contribution in [0.3, 0.4) is 0 Å². The van der Waals surface area contributed by atoms with Gasteiger partial charge in [-0.2, -0.15) is 8.42 Å². The Morgan fingerprint density at radius 1 is 1.14 bits per heavy atom. The number of carbonyl (C=O) groups is 3. The second kappa shape index (κ2) is 11.4. The van der Waals surface area contributed by atoms with E-state index in [-0.39, 0.29) is 30.2 Å². The molecule has 13 heteroatoms. The van der Waals surface area contributed by atoms with Crippen molar-refractivity contribution in [2.24, 2.45) is 11.8 Å². The second-order valence-corrected chi connectivity index (χ2v) is 16.4. The van der Waals surface area contributed by atoms with Crippen LogP contribution in [0, 0.1) is 11.8 Å². The van der Waals surface area contributed by atoms with E-state index in [0.717, 1.165) is 23.8 Å². The van der Waals surface area contributed by atoms with E-state index in [1.165, 1.54) is 21.4 Å². The maximum Gasteiger partial charge on any atom is 0.294 e. The lowest BCUT2D eigenvalue weighted by atomic mass is 9.72. The van der Waals surface area contributed by atoms with Crippen molar-refractivity contribution in [2.45, 2.75) is 81.6 Å². The summed E-state index contributed by atoms with van der Waals surface area (Å²) in [5, 5.41) is 4.24. The minimum atomic E-state index is -4.23. The third kappa shape index (κ3) is 4.95. The standard InChI is InChI=1S/C36H43N5O7S/c1-21(2)35(38-32(42)24-17-26-25-12-8-13-27-31(25)23(19-37-27)18-28(26)39(3)20-24)34(44)41-29(16-22-10-6-5-7-11-22)33(43)40-15-9-14-30(40)36(41,47-35)48-49(4,45)46/h5-8,10-13,19,21,24,26,28-30,37H,9,14-18,20H2,1-4H3,(H,38,42)/t24-,26?,28-,29-,30+,35-,36?/m1/s1. The largest absolute Gasteiger partial charge is 0.361 e. The summed E-state index contributed by atoms with van der Waals surface area (Å²) in [6.45, 7) is 4.36. The summed E-state index contributed by atoms with van der Waals surface area (Å²) in [6, 6.07) is 13.8. The number of nitrogens with one attached hydrogen (secondary N) is 2. The van der Waals surface area contributed by atoms with Gasteiger partial charge >= 0.3 is 0 Å². The number of H-pyrrole nitrogens is 1. The molecule has 5 heterocycles. The average molecular weight is 690 g/mol. The maximum atomic E-state index is 15.0. The van der Waals surface area contributed by atoms with Crippen molar-refractivity contribution in [1.29, 1.82) is 0 Å². The fourth-order valence-electron chi connectivity index (χ4n) is 9.29. The molecule has 8 rings (SSSR count). The van der Waals surface area contributed by atoms with Crippen molar-refractivity contribution in [1.82, 2.24) is 25.0 Å². The summed E-state index contributed by atoms with van der Waals surface area (Å²) in [4.78, 5) is 52.1. The van der Waals surface area contributed by atoms with E-state index in [1.54, 1.807) is 18.7 Å². The van der Waals surface area contributed by atoms with E-state index in [1.807, 2.05) is 43.4 Å². The van der Waals surface area contributed by atoms with Gasteiger partial charge in [-0.15, -0.1) is 0 Å². The number of benzene rings is 2. The Labute approximate surface area is 286 Å². The Kier molecular flexibility index (Phi) is 7.53. The van der Waals surface area contributed by atoms with E-state index in [2.05, 4.69) is 33.5 Å². The minimum Gasteiger partial charge on any atom is -0.361 e.